The minimum atomic E-state index is -1.71. The molecule has 12 heteroatoms. The zero-order valence-corrected chi connectivity index (χ0v) is 24.3. The normalized spacial score (nSPS) is 13.3. The highest BCUT2D eigenvalue weighted by molar-refractivity contribution is 7.62. The van der Waals surface area contributed by atoms with Crippen molar-refractivity contribution >= 4 is 24.4 Å². The van der Waals surface area contributed by atoms with Crippen molar-refractivity contribution in [1.29, 1.82) is 0 Å². The van der Waals surface area contributed by atoms with Crippen LogP contribution in [0, 0.1) is 0 Å². The molecule has 8 nitrogen and oxygen atoms in total. The number of rotatable bonds is 6. The second-order valence-corrected chi connectivity index (χ2v) is 16.8. The monoisotopic (exact) mass is 464 g/mol. The largest absolute Gasteiger partial charge is 1.00 e. The summed E-state index contributed by atoms with van der Waals surface area (Å²) in [6.45, 7) is 6.45. The molecule has 0 aliphatic heterocycles. The van der Waals surface area contributed by atoms with Crippen molar-refractivity contribution in [3.05, 3.63) is 0 Å². The van der Waals surface area contributed by atoms with E-state index in [1.165, 1.54) is 0 Å². The van der Waals surface area contributed by atoms with Gasteiger partial charge in [0.25, 0.3) is 0 Å². The van der Waals surface area contributed by atoms with Crippen LogP contribution >= 0.6 is 24.4 Å². The summed E-state index contributed by atoms with van der Waals surface area (Å²) in [7, 11) is 23.5. The van der Waals surface area contributed by atoms with Crippen molar-refractivity contribution in [3.63, 3.8) is 0 Å². The smallest absolute Gasteiger partial charge is 0.206 e. The Balaban J connectivity index is -0.000000441. The summed E-state index contributed by atoms with van der Waals surface area (Å²) < 4.78 is 22.8. The third kappa shape index (κ3) is 8.37. The van der Waals surface area contributed by atoms with E-state index in [2.05, 4.69) is 138 Å². The third-order valence-electron chi connectivity index (χ3n) is 3.84. The van der Waals surface area contributed by atoms with Gasteiger partial charge in [0.05, 0.1) is 14.9 Å². The molecule has 0 aliphatic rings. The first kappa shape index (κ1) is 33.2. The van der Waals surface area contributed by atoms with E-state index in [-0.39, 0.29) is 10.2 Å². The van der Waals surface area contributed by atoms with Crippen LogP contribution in [0.2, 0.25) is 0 Å². The SMILES string of the molecule is CN(C)P(=NC(C)(C)C)(N(C)C)N(C)C.CN(C)P(=N[PH3+])(N(C)C)N(C)C.[F-]. The Morgan fingerprint density at radius 2 is 0.750 bits per heavy atom. The van der Waals surface area contributed by atoms with Gasteiger partial charge in [0.15, 0.2) is 7.51 Å². The summed E-state index contributed by atoms with van der Waals surface area (Å²) in [6.07, 6.45) is 0. The van der Waals surface area contributed by atoms with Gasteiger partial charge < -0.3 is 4.70 Å². The van der Waals surface area contributed by atoms with Crippen molar-refractivity contribution in [1.82, 2.24) is 28.0 Å². The van der Waals surface area contributed by atoms with E-state index >= 15 is 0 Å². The van der Waals surface area contributed by atoms with Crippen LogP contribution in [0.3, 0.4) is 0 Å². The highest BCUT2D eigenvalue weighted by Crippen LogP contribution is 2.56. The summed E-state index contributed by atoms with van der Waals surface area (Å²) in [5.74, 6) is 0. The Morgan fingerprint density at radius 3 is 0.786 bits per heavy atom. The molecule has 0 radical (unpaired) electrons. The molecule has 0 fully saturated rings. The molecule has 0 aliphatic carbocycles. The van der Waals surface area contributed by atoms with Crippen LogP contribution in [-0.2, 0) is 0 Å². The fourth-order valence-corrected chi connectivity index (χ4v) is 11.9. The zero-order chi connectivity index (χ0) is 22.4. The Hall–Kier alpha value is 0.580. The van der Waals surface area contributed by atoms with E-state index in [0.29, 0.717) is 0 Å². The first-order valence-electron chi connectivity index (χ1n) is 9.01. The first-order valence-corrected chi connectivity index (χ1v) is 12.8. The number of hydrogen-bond acceptors (Lipinski definition) is 2. The van der Waals surface area contributed by atoms with E-state index < -0.39 is 15.0 Å². The van der Waals surface area contributed by atoms with Crippen molar-refractivity contribution in [2.75, 3.05) is 84.6 Å². The highest BCUT2D eigenvalue weighted by atomic mass is 31.2. The number of hydrogen-bond donors (Lipinski definition) is 0. The van der Waals surface area contributed by atoms with Crippen LogP contribution in [0.1, 0.15) is 20.8 Å². The van der Waals surface area contributed by atoms with Gasteiger partial charge in [-0.25, -0.2) is 14.0 Å². The molecule has 1 atom stereocenters. The Labute approximate surface area is 177 Å². The molecule has 0 bridgehead atoms. The lowest BCUT2D eigenvalue weighted by atomic mass is 10.1. The van der Waals surface area contributed by atoms with Gasteiger partial charge in [-0.05, 0) is 105 Å². The summed E-state index contributed by atoms with van der Waals surface area (Å²) in [6, 6.07) is 0. The molecule has 0 amide bonds. The maximum atomic E-state index is 5.03. The summed E-state index contributed by atoms with van der Waals surface area (Å²) in [4.78, 5) is 0. The van der Waals surface area contributed by atoms with Crippen LogP contribution < -0.4 is 4.70 Å². The molecule has 0 spiro atoms. The van der Waals surface area contributed by atoms with Crippen LogP contribution in [0.15, 0.2) is 9.26 Å². The Kier molecular flexibility index (Phi) is 15.5. The van der Waals surface area contributed by atoms with E-state index in [9.17, 15) is 0 Å². The molecule has 0 saturated carbocycles. The van der Waals surface area contributed by atoms with Gasteiger partial charge in [-0.3, -0.25) is 18.8 Å². The molecule has 0 aromatic rings. The van der Waals surface area contributed by atoms with Gasteiger partial charge in [0.2, 0.25) is 7.51 Å². The van der Waals surface area contributed by atoms with Crippen LogP contribution in [0.4, 0.5) is 0 Å². The topological polar surface area (TPSA) is 44.2 Å². The van der Waals surface area contributed by atoms with E-state index in [0.717, 1.165) is 0 Å². The van der Waals surface area contributed by atoms with Crippen molar-refractivity contribution < 1.29 is 4.70 Å². The minimum absolute atomic E-state index is 0. The summed E-state index contributed by atoms with van der Waals surface area (Å²) in [5, 5.41) is 0. The van der Waals surface area contributed by atoms with Gasteiger partial charge in [0.1, 0.15) is 0 Å². The molecule has 28 heavy (non-hydrogen) atoms. The van der Waals surface area contributed by atoms with Gasteiger partial charge in [-0.15, -0.1) is 4.52 Å². The van der Waals surface area contributed by atoms with Crippen molar-refractivity contribution in [2.45, 2.75) is 26.3 Å². The highest BCUT2D eigenvalue weighted by Gasteiger charge is 2.31. The van der Waals surface area contributed by atoms with E-state index in [1.807, 2.05) is 0 Å². The van der Waals surface area contributed by atoms with Crippen LogP contribution in [-0.4, -0.2) is 118 Å². The lowest BCUT2D eigenvalue weighted by molar-refractivity contribution is -0.00000713. The van der Waals surface area contributed by atoms with Crippen LogP contribution in [0.5, 0.6) is 0 Å². The maximum absolute atomic E-state index is 5.03. The fraction of sp³-hybridized carbons (Fsp3) is 1.00. The quantitative estimate of drug-likeness (QED) is 0.536. The third-order valence-corrected chi connectivity index (χ3v) is 12.7. The standard InChI is InChI=1S/C10H27N4P.C6H20N4P2.FH/c1-10(2,3)11-15(12(4)5,13(6)7)14(8)9;1-8(2)12(7-11,9(3)4)10(5)6;/h1-9H3;11H2,1-6H3;1H. The van der Waals surface area contributed by atoms with Gasteiger partial charge in [0, 0.05) is 0 Å². The summed E-state index contributed by atoms with van der Waals surface area (Å²) in [5.41, 5.74) is -0.0212. The Bertz CT molecular complexity index is 483. The number of halogens is 1. The van der Waals surface area contributed by atoms with Crippen molar-refractivity contribution in [3.8, 4) is 0 Å². The van der Waals surface area contributed by atoms with E-state index in [1.54, 1.807) is 9.39 Å². The predicted octanol–water partition coefficient (Wildman–Crippen LogP) is 0.560. The Morgan fingerprint density at radius 1 is 0.536 bits per heavy atom. The molecule has 0 aromatic heterocycles. The average Bonchev–Trinajstić information content (AvgIpc) is 2.43. The lowest BCUT2D eigenvalue weighted by Crippen LogP contribution is -3.00. The molecular formula is C16H48FN8P3. The van der Waals surface area contributed by atoms with Gasteiger partial charge >= 0.3 is 0 Å². The second kappa shape index (κ2) is 13.1. The zero-order valence-electron chi connectivity index (χ0n) is 21.1. The average molecular weight is 465 g/mol. The molecule has 0 aromatic carbocycles. The molecule has 0 N–H and O–H groups in total. The molecule has 0 saturated heterocycles. The molecule has 0 rings (SSSR count). The van der Waals surface area contributed by atoms with E-state index in [4.69, 9.17) is 4.74 Å². The predicted molar refractivity (Wildman–Crippen MR) is 132 cm³/mol. The molecule has 1 unspecified atom stereocenters. The first-order chi connectivity index (χ1) is 11.9. The van der Waals surface area contributed by atoms with Gasteiger partial charge in [-0.2, -0.15) is 0 Å². The maximum Gasteiger partial charge on any atom is 0.206 e. The number of nitrogens with zero attached hydrogens (tertiary/aromatic N) is 8. The second-order valence-electron chi connectivity index (χ2n) is 8.57. The molecule has 174 valence electrons. The molecule has 0 heterocycles. The van der Waals surface area contributed by atoms with Crippen molar-refractivity contribution in [2.24, 2.45) is 9.26 Å². The van der Waals surface area contributed by atoms with Crippen LogP contribution in [0.25, 0.3) is 0 Å². The molecular weight excluding hydrogens is 416 g/mol. The summed E-state index contributed by atoms with van der Waals surface area (Å²) >= 11 is 0. The fourth-order valence-electron chi connectivity index (χ4n) is 3.20. The minimum Gasteiger partial charge on any atom is -1.00 e. The lowest BCUT2D eigenvalue weighted by Gasteiger charge is -2.43. The van der Waals surface area contributed by atoms with Gasteiger partial charge in [-0.1, -0.05) is 0 Å².